The molecule has 0 aliphatic carbocycles. The van der Waals surface area contributed by atoms with Crippen LogP contribution in [0.1, 0.15) is 33.1 Å². The summed E-state index contributed by atoms with van der Waals surface area (Å²) in [7, 11) is 0. The Morgan fingerprint density at radius 1 is 1.69 bits per heavy atom. The second-order valence-electron chi connectivity index (χ2n) is 3.08. The van der Waals surface area contributed by atoms with Crippen LogP contribution < -0.4 is 0 Å². The van der Waals surface area contributed by atoms with Gasteiger partial charge in [-0.3, -0.25) is 4.99 Å². The predicted octanol–water partition coefficient (Wildman–Crippen LogP) is 2.24. The van der Waals surface area contributed by atoms with Crippen molar-refractivity contribution < 1.29 is 4.79 Å². The average Bonchev–Trinajstić information content (AvgIpc) is 2.17. The van der Waals surface area contributed by atoms with Crippen molar-refractivity contribution in [2.45, 2.75) is 39.2 Å². The molecule has 0 aromatic rings. The highest BCUT2D eigenvalue weighted by Gasteiger charge is 2.13. The van der Waals surface area contributed by atoms with Gasteiger partial charge in [0, 0.05) is 12.1 Å². The van der Waals surface area contributed by atoms with Gasteiger partial charge in [0.05, 0.1) is 11.7 Å². The summed E-state index contributed by atoms with van der Waals surface area (Å²) in [5.41, 5.74) is 1.85. The summed E-state index contributed by atoms with van der Waals surface area (Å²) in [6.07, 6.45) is 6.13. The van der Waals surface area contributed by atoms with Gasteiger partial charge in [-0.1, -0.05) is 13.8 Å². The molecule has 1 aliphatic rings. The number of nitrogens with zero attached hydrogens (tertiary/aromatic N) is 2. The zero-order valence-corrected chi connectivity index (χ0v) is 8.08. The maximum atomic E-state index is 10.1. The summed E-state index contributed by atoms with van der Waals surface area (Å²) in [4.78, 5) is 18.2. The van der Waals surface area contributed by atoms with Crippen molar-refractivity contribution in [3.63, 3.8) is 0 Å². The Bertz CT molecular complexity index is 285. The van der Waals surface area contributed by atoms with Gasteiger partial charge in [0.15, 0.2) is 0 Å². The number of isocyanates is 1. The van der Waals surface area contributed by atoms with Crippen molar-refractivity contribution in [1.29, 1.82) is 0 Å². The molecule has 1 atom stereocenters. The van der Waals surface area contributed by atoms with E-state index >= 15 is 0 Å². The third kappa shape index (κ3) is 2.63. The highest BCUT2D eigenvalue weighted by Crippen LogP contribution is 2.18. The molecule has 70 valence electrons. The van der Waals surface area contributed by atoms with Crippen LogP contribution in [0.4, 0.5) is 0 Å². The normalized spacial score (nSPS) is 21.5. The Labute approximate surface area is 78.3 Å². The van der Waals surface area contributed by atoms with Crippen LogP contribution in [-0.2, 0) is 4.79 Å². The van der Waals surface area contributed by atoms with Crippen LogP contribution in [0.25, 0.3) is 0 Å². The molecule has 0 amide bonds. The van der Waals surface area contributed by atoms with Crippen LogP contribution in [0, 0.1) is 0 Å². The average molecular weight is 178 g/mol. The van der Waals surface area contributed by atoms with E-state index in [2.05, 4.69) is 23.8 Å². The van der Waals surface area contributed by atoms with E-state index in [9.17, 15) is 4.79 Å². The molecule has 0 N–H and O–H groups in total. The second-order valence-corrected chi connectivity index (χ2v) is 3.08. The minimum absolute atomic E-state index is 0.298. The largest absolute Gasteiger partial charge is 0.286 e. The third-order valence-electron chi connectivity index (χ3n) is 2.15. The Morgan fingerprint density at radius 3 is 3.00 bits per heavy atom. The number of rotatable bonds is 3. The van der Waals surface area contributed by atoms with Crippen molar-refractivity contribution in [3.8, 4) is 0 Å². The van der Waals surface area contributed by atoms with Gasteiger partial charge in [-0.2, -0.15) is 4.99 Å². The summed E-state index contributed by atoms with van der Waals surface area (Å²) in [5, 5.41) is 0. The first-order valence-corrected chi connectivity index (χ1v) is 4.65. The first-order chi connectivity index (χ1) is 6.30. The topological polar surface area (TPSA) is 41.8 Å². The van der Waals surface area contributed by atoms with Crippen LogP contribution in [0.3, 0.4) is 0 Å². The molecule has 1 aliphatic heterocycles. The summed E-state index contributed by atoms with van der Waals surface area (Å²) in [6.45, 7) is 4.14. The van der Waals surface area contributed by atoms with E-state index in [4.69, 9.17) is 0 Å². The zero-order chi connectivity index (χ0) is 9.68. The second kappa shape index (κ2) is 4.73. The lowest BCUT2D eigenvalue weighted by Gasteiger charge is -2.16. The van der Waals surface area contributed by atoms with E-state index in [1.165, 1.54) is 0 Å². The quantitative estimate of drug-likeness (QED) is 0.482. The molecule has 0 spiro atoms. The summed E-state index contributed by atoms with van der Waals surface area (Å²) >= 11 is 0. The van der Waals surface area contributed by atoms with Gasteiger partial charge in [0.1, 0.15) is 0 Å². The fourth-order valence-electron chi connectivity index (χ4n) is 1.38. The van der Waals surface area contributed by atoms with E-state index in [1.807, 2.05) is 6.08 Å². The van der Waals surface area contributed by atoms with Crippen molar-refractivity contribution in [3.05, 3.63) is 11.8 Å². The van der Waals surface area contributed by atoms with Gasteiger partial charge < -0.3 is 0 Å². The van der Waals surface area contributed by atoms with Crippen molar-refractivity contribution in [1.82, 2.24) is 0 Å². The molecule has 1 unspecified atom stereocenters. The molecule has 13 heavy (non-hydrogen) atoms. The van der Waals surface area contributed by atoms with E-state index in [0.29, 0.717) is 6.04 Å². The SMILES string of the molecule is CCC1=NC(CC)CC(N=C=O)=C1. The molecule has 0 aromatic heterocycles. The van der Waals surface area contributed by atoms with Crippen LogP contribution in [0.5, 0.6) is 0 Å². The number of dihydropyridines is 1. The maximum absolute atomic E-state index is 10.1. The fourth-order valence-corrected chi connectivity index (χ4v) is 1.38. The van der Waals surface area contributed by atoms with Crippen LogP contribution in [-0.4, -0.2) is 17.8 Å². The first-order valence-electron chi connectivity index (χ1n) is 4.65. The molecule has 0 radical (unpaired) electrons. The Hall–Kier alpha value is -1.21. The van der Waals surface area contributed by atoms with E-state index in [0.717, 1.165) is 30.7 Å². The summed E-state index contributed by atoms with van der Waals surface area (Å²) in [6, 6.07) is 0.298. The van der Waals surface area contributed by atoms with Gasteiger partial charge in [0.25, 0.3) is 0 Å². The maximum Gasteiger partial charge on any atom is 0.240 e. The number of carbonyl (C=O) groups excluding carboxylic acids is 1. The highest BCUT2D eigenvalue weighted by atomic mass is 16.1. The first kappa shape index (κ1) is 9.87. The Kier molecular flexibility index (Phi) is 3.59. The van der Waals surface area contributed by atoms with Crippen molar-refractivity contribution in [2.75, 3.05) is 0 Å². The van der Waals surface area contributed by atoms with Gasteiger partial charge >= 0.3 is 0 Å². The smallest absolute Gasteiger partial charge is 0.240 e. The molecule has 1 rings (SSSR count). The Morgan fingerprint density at radius 2 is 2.46 bits per heavy atom. The molecule has 0 saturated carbocycles. The third-order valence-corrected chi connectivity index (χ3v) is 2.15. The predicted molar refractivity (Wildman–Crippen MR) is 52.6 cm³/mol. The van der Waals surface area contributed by atoms with Gasteiger partial charge in [-0.05, 0) is 18.9 Å². The minimum atomic E-state index is 0.298. The van der Waals surface area contributed by atoms with Crippen molar-refractivity contribution in [2.24, 2.45) is 9.98 Å². The Balaban J connectivity index is 2.83. The number of hydrogen-bond acceptors (Lipinski definition) is 3. The monoisotopic (exact) mass is 178 g/mol. The lowest BCUT2D eigenvalue weighted by molar-refractivity contribution is 0.562. The molecular formula is C10H14N2O. The fraction of sp³-hybridized carbons (Fsp3) is 0.600. The standard InChI is InChI=1S/C10H14N2O/c1-3-8-5-10(11-7-13)6-9(4-2)12-8/h5,9H,3-4,6H2,1-2H3. The molecule has 0 saturated heterocycles. The minimum Gasteiger partial charge on any atom is -0.286 e. The molecule has 0 bridgehead atoms. The molecule has 0 fully saturated rings. The molecule has 1 heterocycles. The van der Waals surface area contributed by atoms with Crippen molar-refractivity contribution >= 4 is 11.8 Å². The van der Waals surface area contributed by atoms with Gasteiger partial charge in [0.2, 0.25) is 6.08 Å². The van der Waals surface area contributed by atoms with Gasteiger partial charge in [-0.25, -0.2) is 4.79 Å². The number of aliphatic imine (C=N–C) groups is 2. The van der Waals surface area contributed by atoms with E-state index in [1.54, 1.807) is 6.08 Å². The van der Waals surface area contributed by atoms with Crippen LogP contribution >= 0.6 is 0 Å². The molecule has 0 aromatic carbocycles. The molecule has 3 nitrogen and oxygen atoms in total. The van der Waals surface area contributed by atoms with E-state index in [-0.39, 0.29) is 0 Å². The zero-order valence-electron chi connectivity index (χ0n) is 8.08. The van der Waals surface area contributed by atoms with E-state index < -0.39 is 0 Å². The number of hydrogen-bond donors (Lipinski definition) is 0. The lowest BCUT2D eigenvalue weighted by atomic mass is 10.0. The lowest BCUT2D eigenvalue weighted by Crippen LogP contribution is -2.12. The molecule has 3 heteroatoms. The highest BCUT2D eigenvalue weighted by molar-refractivity contribution is 5.96. The van der Waals surface area contributed by atoms with Crippen LogP contribution in [0.2, 0.25) is 0 Å². The summed E-state index contributed by atoms with van der Waals surface area (Å²) in [5.74, 6) is 0. The number of allylic oxidation sites excluding steroid dienone is 1. The van der Waals surface area contributed by atoms with Gasteiger partial charge in [-0.15, -0.1) is 0 Å². The molecular weight excluding hydrogens is 164 g/mol. The van der Waals surface area contributed by atoms with Crippen LogP contribution in [0.15, 0.2) is 21.8 Å². The summed E-state index contributed by atoms with van der Waals surface area (Å²) < 4.78 is 0.